The van der Waals surface area contributed by atoms with Crippen LogP contribution in [0.3, 0.4) is 0 Å². The van der Waals surface area contributed by atoms with Crippen LogP contribution in [0, 0.1) is 5.92 Å². The molecule has 2 rings (SSSR count). The van der Waals surface area contributed by atoms with Gasteiger partial charge in [0.25, 0.3) is 0 Å². The normalized spacial score (nSPS) is 15.6. The Kier molecular flexibility index (Phi) is 10.6. The van der Waals surface area contributed by atoms with E-state index >= 15 is 0 Å². The van der Waals surface area contributed by atoms with E-state index in [1.54, 1.807) is 0 Å². The Morgan fingerprint density at radius 2 is 1.90 bits per heavy atom. The van der Waals surface area contributed by atoms with Crippen LogP contribution in [0.15, 0.2) is 24.3 Å². The van der Waals surface area contributed by atoms with Gasteiger partial charge in [-0.3, -0.25) is 4.79 Å². The lowest BCUT2D eigenvalue weighted by atomic mass is 9.93. The second-order valence-corrected chi connectivity index (χ2v) is 7.95. The number of carbonyl (C=O) groups is 2. The van der Waals surface area contributed by atoms with Crippen molar-refractivity contribution in [3.8, 4) is 5.75 Å². The van der Waals surface area contributed by atoms with Crippen molar-refractivity contribution in [2.75, 3.05) is 19.7 Å². The number of benzene rings is 1. The molecule has 1 fully saturated rings. The van der Waals surface area contributed by atoms with Crippen LogP contribution in [-0.4, -0.2) is 42.7 Å². The summed E-state index contributed by atoms with van der Waals surface area (Å²) in [5.74, 6) is 0.447. The van der Waals surface area contributed by atoms with Gasteiger partial charge in [-0.25, -0.2) is 4.79 Å². The minimum Gasteiger partial charge on any atom is -0.494 e. The van der Waals surface area contributed by atoms with Crippen molar-refractivity contribution >= 4 is 11.9 Å². The molecule has 6 heteroatoms. The van der Waals surface area contributed by atoms with Crippen LogP contribution in [0.4, 0.5) is 0 Å². The van der Waals surface area contributed by atoms with Crippen molar-refractivity contribution in [2.24, 2.45) is 5.92 Å². The molecule has 1 aromatic carbocycles. The first kappa shape index (κ1) is 23.2. The highest BCUT2D eigenvalue weighted by atomic mass is 16.5. The highest BCUT2D eigenvalue weighted by Crippen LogP contribution is 2.19. The lowest BCUT2D eigenvalue weighted by molar-refractivity contribution is -0.141. The number of carbonyl (C=O) groups excluding carboxylic acids is 1. The fraction of sp³-hybridized carbons (Fsp3) is 0.652. The third-order valence-electron chi connectivity index (χ3n) is 5.49. The Hall–Kier alpha value is -2.08. The number of hydrogen-bond donors (Lipinski definition) is 3. The number of ether oxygens (including phenoxy) is 1. The molecule has 1 atom stereocenters. The average Bonchev–Trinajstić information content (AvgIpc) is 2.73. The maximum Gasteiger partial charge on any atom is 0.326 e. The van der Waals surface area contributed by atoms with E-state index in [4.69, 9.17) is 4.74 Å². The molecule has 3 N–H and O–H groups in total. The van der Waals surface area contributed by atoms with Gasteiger partial charge in [0, 0.05) is 12.8 Å². The third-order valence-corrected chi connectivity index (χ3v) is 5.49. The summed E-state index contributed by atoms with van der Waals surface area (Å²) in [7, 11) is 0. The second-order valence-electron chi connectivity index (χ2n) is 7.95. The molecule has 1 amide bonds. The summed E-state index contributed by atoms with van der Waals surface area (Å²) >= 11 is 0. The molecule has 0 aliphatic carbocycles. The van der Waals surface area contributed by atoms with Crippen molar-refractivity contribution in [2.45, 2.75) is 70.8 Å². The Morgan fingerprint density at radius 3 is 2.55 bits per heavy atom. The van der Waals surface area contributed by atoms with Crippen LogP contribution in [0.2, 0.25) is 0 Å². The Morgan fingerprint density at radius 1 is 1.17 bits per heavy atom. The van der Waals surface area contributed by atoms with Gasteiger partial charge in [-0.2, -0.15) is 0 Å². The molecule has 0 spiro atoms. The quantitative estimate of drug-likeness (QED) is 0.438. The van der Waals surface area contributed by atoms with Crippen LogP contribution in [0.25, 0.3) is 0 Å². The van der Waals surface area contributed by atoms with E-state index in [1.807, 2.05) is 31.2 Å². The van der Waals surface area contributed by atoms with Crippen molar-refractivity contribution in [1.29, 1.82) is 0 Å². The number of nitrogens with one attached hydrogen (secondary N) is 2. The standard InChI is InChI=1S/C23H36N2O4/c1-2-3-7-22(26)25-21(23(27)28)17-19-8-10-20(11-9-19)29-16-5-4-6-18-12-14-24-15-13-18/h8-11,18,21,24H,2-7,12-17H2,1H3,(H,25,26)(H,27,28). The third kappa shape index (κ3) is 9.31. The first-order chi connectivity index (χ1) is 14.1. The van der Waals surface area contributed by atoms with E-state index in [2.05, 4.69) is 10.6 Å². The van der Waals surface area contributed by atoms with Crippen LogP contribution in [0.1, 0.15) is 63.9 Å². The number of carboxylic acid groups (broad SMARTS) is 1. The van der Waals surface area contributed by atoms with Gasteiger partial charge >= 0.3 is 5.97 Å². The molecule has 0 bridgehead atoms. The highest BCUT2D eigenvalue weighted by Gasteiger charge is 2.20. The summed E-state index contributed by atoms with van der Waals surface area (Å²) in [4.78, 5) is 23.3. The van der Waals surface area contributed by atoms with Gasteiger partial charge in [0.1, 0.15) is 11.8 Å². The number of unbranched alkanes of at least 4 members (excludes halogenated alkanes) is 2. The minimum absolute atomic E-state index is 0.205. The zero-order chi connectivity index (χ0) is 20.9. The van der Waals surface area contributed by atoms with E-state index in [-0.39, 0.29) is 12.3 Å². The lowest BCUT2D eigenvalue weighted by Gasteiger charge is -2.22. The summed E-state index contributed by atoms with van der Waals surface area (Å²) in [5.41, 5.74) is 0.867. The molecule has 162 valence electrons. The van der Waals surface area contributed by atoms with Gasteiger partial charge in [-0.05, 0) is 68.8 Å². The van der Waals surface area contributed by atoms with Crippen LogP contribution >= 0.6 is 0 Å². The SMILES string of the molecule is CCCCC(=O)NC(Cc1ccc(OCCCCC2CCNCC2)cc1)C(=O)O. The molecular formula is C23H36N2O4. The van der Waals surface area contributed by atoms with Crippen molar-refractivity contribution in [3.05, 3.63) is 29.8 Å². The van der Waals surface area contributed by atoms with Crippen LogP contribution in [0.5, 0.6) is 5.75 Å². The summed E-state index contributed by atoms with van der Waals surface area (Å²) in [6.45, 7) is 5.01. The maximum atomic E-state index is 11.8. The first-order valence-electron chi connectivity index (χ1n) is 11.0. The van der Waals surface area contributed by atoms with Gasteiger partial charge in [0.2, 0.25) is 5.91 Å². The van der Waals surface area contributed by atoms with Crippen molar-refractivity contribution in [3.63, 3.8) is 0 Å². The van der Waals surface area contributed by atoms with Crippen molar-refractivity contribution < 1.29 is 19.4 Å². The molecule has 1 aromatic rings. The zero-order valence-electron chi connectivity index (χ0n) is 17.6. The van der Waals surface area contributed by atoms with Crippen LogP contribution < -0.4 is 15.4 Å². The summed E-state index contributed by atoms with van der Waals surface area (Å²) in [6, 6.07) is 6.60. The number of aliphatic carboxylic acids is 1. The predicted molar refractivity (Wildman–Crippen MR) is 114 cm³/mol. The van der Waals surface area contributed by atoms with E-state index in [0.717, 1.165) is 49.6 Å². The Balaban J connectivity index is 1.69. The number of carboxylic acids is 1. The van der Waals surface area contributed by atoms with E-state index < -0.39 is 12.0 Å². The van der Waals surface area contributed by atoms with Gasteiger partial charge < -0.3 is 20.5 Å². The maximum absolute atomic E-state index is 11.8. The topological polar surface area (TPSA) is 87.7 Å². The monoisotopic (exact) mass is 404 g/mol. The summed E-state index contributed by atoms with van der Waals surface area (Å²) < 4.78 is 5.81. The molecule has 6 nitrogen and oxygen atoms in total. The molecule has 0 aromatic heterocycles. The molecule has 1 aliphatic rings. The molecular weight excluding hydrogens is 368 g/mol. The van der Waals surface area contributed by atoms with Gasteiger partial charge in [-0.15, -0.1) is 0 Å². The number of hydrogen-bond acceptors (Lipinski definition) is 4. The average molecular weight is 405 g/mol. The predicted octanol–water partition coefficient (Wildman–Crippen LogP) is 3.54. The summed E-state index contributed by atoms with van der Waals surface area (Å²) in [5, 5.41) is 15.4. The highest BCUT2D eigenvalue weighted by molar-refractivity contribution is 5.83. The number of piperidine rings is 1. The first-order valence-corrected chi connectivity index (χ1v) is 11.0. The number of amides is 1. The fourth-order valence-corrected chi connectivity index (χ4v) is 3.66. The second kappa shape index (κ2) is 13.2. The molecule has 1 heterocycles. The Labute approximate surface area is 174 Å². The van der Waals surface area contributed by atoms with E-state index in [1.165, 1.54) is 25.7 Å². The van der Waals surface area contributed by atoms with Gasteiger partial charge in [-0.1, -0.05) is 31.9 Å². The summed E-state index contributed by atoms with van der Waals surface area (Å²) in [6.07, 6.45) is 8.42. The molecule has 0 radical (unpaired) electrons. The fourth-order valence-electron chi connectivity index (χ4n) is 3.66. The smallest absolute Gasteiger partial charge is 0.326 e. The molecule has 0 saturated carbocycles. The molecule has 1 aliphatic heterocycles. The van der Waals surface area contributed by atoms with E-state index in [9.17, 15) is 14.7 Å². The van der Waals surface area contributed by atoms with Crippen LogP contribution in [-0.2, 0) is 16.0 Å². The zero-order valence-corrected chi connectivity index (χ0v) is 17.6. The lowest BCUT2D eigenvalue weighted by Crippen LogP contribution is -2.42. The number of rotatable bonds is 13. The Bertz CT molecular complexity index is 612. The largest absolute Gasteiger partial charge is 0.494 e. The van der Waals surface area contributed by atoms with Gasteiger partial charge in [0.15, 0.2) is 0 Å². The molecule has 1 saturated heterocycles. The van der Waals surface area contributed by atoms with Crippen molar-refractivity contribution in [1.82, 2.24) is 10.6 Å². The molecule has 29 heavy (non-hydrogen) atoms. The minimum atomic E-state index is -1.01. The van der Waals surface area contributed by atoms with Gasteiger partial charge in [0.05, 0.1) is 6.61 Å². The van der Waals surface area contributed by atoms with E-state index in [0.29, 0.717) is 13.0 Å². The molecule has 1 unspecified atom stereocenters.